The third-order valence-corrected chi connectivity index (χ3v) is 3.10. The molecule has 0 aliphatic carbocycles. The molecule has 0 saturated carbocycles. The molecule has 3 rings (SSSR count). The van der Waals surface area contributed by atoms with E-state index in [4.69, 9.17) is 11.6 Å². The fourth-order valence-corrected chi connectivity index (χ4v) is 2.23. The molecule has 86 valence electrons. The van der Waals surface area contributed by atoms with Gasteiger partial charge in [-0.1, -0.05) is 11.6 Å². The van der Waals surface area contributed by atoms with Crippen LogP contribution in [0.2, 0.25) is 5.02 Å². The van der Waals surface area contributed by atoms with Crippen LogP contribution >= 0.6 is 11.6 Å². The maximum atomic E-state index is 6.03. The van der Waals surface area contributed by atoms with E-state index in [0.29, 0.717) is 0 Å². The van der Waals surface area contributed by atoms with Gasteiger partial charge in [0.2, 0.25) is 0 Å². The van der Waals surface area contributed by atoms with Crippen LogP contribution in [-0.2, 0) is 6.54 Å². The van der Waals surface area contributed by atoms with E-state index in [9.17, 15) is 0 Å². The van der Waals surface area contributed by atoms with Gasteiger partial charge in [-0.05, 0) is 37.3 Å². The van der Waals surface area contributed by atoms with Crippen LogP contribution in [0.5, 0.6) is 0 Å². The molecule has 1 N–H and O–H groups in total. The first-order valence-electron chi connectivity index (χ1n) is 5.59. The lowest BCUT2D eigenvalue weighted by Crippen LogP contribution is -1.95. The van der Waals surface area contributed by atoms with Crippen LogP contribution in [0.4, 0.5) is 0 Å². The molecule has 17 heavy (non-hydrogen) atoms. The predicted octanol–water partition coefficient (Wildman–Crippen LogP) is 3.70. The molecule has 2 aromatic heterocycles. The molecule has 0 saturated heterocycles. The van der Waals surface area contributed by atoms with Gasteiger partial charge in [0, 0.05) is 23.2 Å². The lowest BCUT2D eigenvalue weighted by atomic mass is 10.2. The minimum atomic E-state index is 0.741. The standard InChI is InChI=1S/C13H12ClN3/c1-2-17-12-8-9(14)5-6-10(12)13(16-17)11-4-3-7-15-11/h3-8,15H,2H2,1H3. The van der Waals surface area contributed by atoms with E-state index < -0.39 is 0 Å². The Balaban J connectivity index is 2.33. The number of hydrogen-bond acceptors (Lipinski definition) is 1. The first-order chi connectivity index (χ1) is 8.29. The number of aromatic nitrogens is 3. The van der Waals surface area contributed by atoms with Crippen molar-refractivity contribution >= 4 is 22.5 Å². The Morgan fingerprint density at radius 2 is 2.24 bits per heavy atom. The Bertz CT molecular complexity index is 653. The number of hydrogen-bond donors (Lipinski definition) is 1. The summed E-state index contributed by atoms with van der Waals surface area (Å²) in [6, 6.07) is 9.88. The largest absolute Gasteiger partial charge is 0.360 e. The molecule has 0 radical (unpaired) electrons. The summed E-state index contributed by atoms with van der Waals surface area (Å²) in [5.74, 6) is 0. The number of rotatable bonds is 2. The Kier molecular flexibility index (Phi) is 2.41. The maximum Gasteiger partial charge on any atom is 0.116 e. The number of aromatic amines is 1. The molecular weight excluding hydrogens is 234 g/mol. The second kappa shape index (κ2) is 3.93. The summed E-state index contributed by atoms with van der Waals surface area (Å²) in [5.41, 5.74) is 3.08. The van der Waals surface area contributed by atoms with E-state index in [1.165, 1.54) is 0 Å². The Morgan fingerprint density at radius 1 is 1.35 bits per heavy atom. The Hall–Kier alpha value is -1.74. The van der Waals surface area contributed by atoms with Crippen molar-refractivity contribution in [2.75, 3.05) is 0 Å². The number of nitrogens with one attached hydrogen (secondary N) is 1. The van der Waals surface area contributed by atoms with Crippen LogP contribution in [-0.4, -0.2) is 14.8 Å². The Labute approximate surface area is 104 Å². The number of halogens is 1. The van der Waals surface area contributed by atoms with Crippen molar-refractivity contribution in [2.24, 2.45) is 0 Å². The summed E-state index contributed by atoms with van der Waals surface area (Å²) >= 11 is 6.03. The first kappa shape index (κ1) is 10.4. The van der Waals surface area contributed by atoms with Gasteiger partial charge in [-0.2, -0.15) is 5.10 Å². The second-order valence-corrected chi connectivity index (χ2v) is 4.35. The molecule has 0 aliphatic heterocycles. The highest BCUT2D eigenvalue weighted by Gasteiger charge is 2.12. The van der Waals surface area contributed by atoms with Gasteiger partial charge in [0.1, 0.15) is 5.69 Å². The molecule has 0 fully saturated rings. The molecule has 0 unspecified atom stereocenters. The van der Waals surface area contributed by atoms with Gasteiger partial charge in [-0.25, -0.2) is 0 Å². The molecule has 0 spiro atoms. The van der Waals surface area contributed by atoms with Crippen molar-refractivity contribution in [1.82, 2.24) is 14.8 Å². The van der Waals surface area contributed by atoms with Gasteiger partial charge < -0.3 is 4.98 Å². The molecule has 0 amide bonds. The lowest BCUT2D eigenvalue weighted by molar-refractivity contribution is 0.686. The topological polar surface area (TPSA) is 33.6 Å². The molecule has 4 heteroatoms. The summed E-state index contributed by atoms with van der Waals surface area (Å²) in [6.07, 6.45) is 1.90. The van der Waals surface area contributed by atoms with E-state index in [1.807, 2.05) is 41.2 Å². The first-order valence-corrected chi connectivity index (χ1v) is 5.97. The summed E-state index contributed by atoms with van der Waals surface area (Å²) in [6.45, 7) is 2.91. The maximum absolute atomic E-state index is 6.03. The van der Waals surface area contributed by atoms with Crippen LogP contribution in [0, 0.1) is 0 Å². The van der Waals surface area contributed by atoms with Gasteiger partial charge >= 0.3 is 0 Å². The smallest absolute Gasteiger partial charge is 0.116 e. The quantitative estimate of drug-likeness (QED) is 0.734. The highest BCUT2D eigenvalue weighted by Crippen LogP contribution is 2.28. The number of H-pyrrole nitrogens is 1. The molecule has 0 bridgehead atoms. The Morgan fingerprint density at radius 3 is 2.94 bits per heavy atom. The van der Waals surface area contributed by atoms with E-state index in [2.05, 4.69) is 17.0 Å². The molecule has 3 aromatic rings. The number of fused-ring (bicyclic) bond motifs is 1. The summed E-state index contributed by atoms with van der Waals surface area (Å²) < 4.78 is 1.97. The van der Waals surface area contributed by atoms with Crippen molar-refractivity contribution in [1.29, 1.82) is 0 Å². The van der Waals surface area contributed by atoms with Crippen LogP contribution in [0.3, 0.4) is 0 Å². The van der Waals surface area contributed by atoms with Crippen molar-refractivity contribution in [3.8, 4) is 11.4 Å². The van der Waals surface area contributed by atoms with Crippen LogP contribution in [0.25, 0.3) is 22.3 Å². The summed E-state index contributed by atoms with van der Waals surface area (Å²) in [7, 11) is 0. The van der Waals surface area contributed by atoms with Gasteiger partial charge in [0.05, 0.1) is 11.2 Å². The molecule has 3 nitrogen and oxygen atoms in total. The monoisotopic (exact) mass is 245 g/mol. The van der Waals surface area contributed by atoms with Crippen molar-refractivity contribution < 1.29 is 0 Å². The zero-order valence-electron chi connectivity index (χ0n) is 9.44. The lowest BCUT2D eigenvalue weighted by Gasteiger charge is -1.97. The fourth-order valence-electron chi connectivity index (χ4n) is 2.06. The van der Waals surface area contributed by atoms with Crippen LogP contribution in [0.1, 0.15) is 6.92 Å². The fraction of sp³-hybridized carbons (Fsp3) is 0.154. The van der Waals surface area contributed by atoms with Gasteiger partial charge in [-0.15, -0.1) is 0 Å². The minimum absolute atomic E-state index is 0.741. The van der Waals surface area contributed by atoms with E-state index in [1.54, 1.807) is 0 Å². The number of nitrogens with zero attached hydrogens (tertiary/aromatic N) is 2. The summed E-state index contributed by atoms with van der Waals surface area (Å²) in [4.78, 5) is 3.19. The van der Waals surface area contributed by atoms with E-state index in [0.717, 1.165) is 33.9 Å². The zero-order chi connectivity index (χ0) is 11.8. The van der Waals surface area contributed by atoms with Crippen molar-refractivity contribution in [3.63, 3.8) is 0 Å². The van der Waals surface area contributed by atoms with E-state index >= 15 is 0 Å². The summed E-state index contributed by atoms with van der Waals surface area (Å²) in [5, 5.41) is 6.48. The average molecular weight is 246 g/mol. The highest BCUT2D eigenvalue weighted by molar-refractivity contribution is 6.31. The van der Waals surface area contributed by atoms with Gasteiger partial charge in [-0.3, -0.25) is 4.68 Å². The normalized spacial score (nSPS) is 11.2. The van der Waals surface area contributed by atoms with Crippen LogP contribution in [0.15, 0.2) is 36.5 Å². The minimum Gasteiger partial charge on any atom is -0.360 e. The highest BCUT2D eigenvalue weighted by atomic mass is 35.5. The number of benzene rings is 1. The predicted molar refractivity (Wildman–Crippen MR) is 70.2 cm³/mol. The average Bonchev–Trinajstić information content (AvgIpc) is 2.94. The molecule has 1 aromatic carbocycles. The van der Waals surface area contributed by atoms with Crippen molar-refractivity contribution in [2.45, 2.75) is 13.5 Å². The third kappa shape index (κ3) is 1.63. The molecule has 2 heterocycles. The zero-order valence-corrected chi connectivity index (χ0v) is 10.2. The van der Waals surface area contributed by atoms with Crippen molar-refractivity contribution in [3.05, 3.63) is 41.6 Å². The molecule has 0 atom stereocenters. The molecule has 0 aliphatic rings. The van der Waals surface area contributed by atoms with Gasteiger partial charge in [0.15, 0.2) is 0 Å². The SMILES string of the molecule is CCn1nc(-c2ccc[nH]2)c2ccc(Cl)cc21. The van der Waals surface area contributed by atoms with E-state index in [-0.39, 0.29) is 0 Å². The third-order valence-electron chi connectivity index (χ3n) is 2.87. The number of aryl methyl sites for hydroxylation is 1. The van der Waals surface area contributed by atoms with Gasteiger partial charge in [0.25, 0.3) is 0 Å². The van der Waals surface area contributed by atoms with Crippen LogP contribution < -0.4 is 0 Å². The molecular formula is C13H12ClN3. The second-order valence-electron chi connectivity index (χ2n) is 3.91.